The quantitative estimate of drug-likeness (QED) is 0.538. The number of thiocarbonyl (C=S) groups is 1. The maximum absolute atomic E-state index is 12.7. The molecule has 0 aliphatic carbocycles. The third-order valence-electron chi connectivity index (χ3n) is 3.29. The van der Waals surface area contributed by atoms with Gasteiger partial charge in [0.25, 0.3) is 5.91 Å². The van der Waals surface area contributed by atoms with E-state index in [4.69, 9.17) is 17.0 Å². The first-order chi connectivity index (χ1) is 11.1. The van der Waals surface area contributed by atoms with Crippen molar-refractivity contribution in [3.05, 3.63) is 63.5 Å². The van der Waals surface area contributed by atoms with Crippen LogP contribution in [0.4, 0.5) is 5.69 Å². The molecule has 2 aromatic rings. The van der Waals surface area contributed by atoms with Crippen LogP contribution in [0.2, 0.25) is 0 Å². The Labute approximate surface area is 152 Å². The van der Waals surface area contributed by atoms with Crippen LogP contribution in [0.25, 0.3) is 6.08 Å². The van der Waals surface area contributed by atoms with Crippen molar-refractivity contribution in [2.45, 2.75) is 0 Å². The second-order valence-electron chi connectivity index (χ2n) is 4.74. The van der Waals surface area contributed by atoms with E-state index in [1.54, 1.807) is 12.0 Å². The molecular formula is C17H12BrNO2S2. The van der Waals surface area contributed by atoms with Gasteiger partial charge in [-0.2, -0.15) is 0 Å². The summed E-state index contributed by atoms with van der Waals surface area (Å²) in [5, 5.41) is 0. The number of ether oxygens (including phenoxy) is 1. The van der Waals surface area contributed by atoms with E-state index in [1.165, 1.54) is 11.8 Å². The van der Waals surface area contributed by atoms with Gasteiger partial charge in [0.15, 0.2) is 4.32 Å². The fourth-order valence-electron chi connectivity index (χ4n) is 2.23. The summed E-state index contributed by atoms with van der Waals surface area (Å²) >= 11 is 10.1. The van der Waals surface area contributed by atoms with E-state index in [9.17, 15) is 4.79 Å². The average Bonchev–Trinajstić information content (AvgIpc) is 2.82. The van der Waals surface area contributed by atoms with Crippen molar-refractivity contribution < 1.29 is 9.53 Å². The number of carbonyl (C=O) groups excluding carboxylic acids is 1. The molecule has 2 aromatic carbocycles. The Hall–Kier alpha value is -1.63. The van der Waals surface area contributed by atoms with Crippen molar-refractivity contribution in [3.63, 3.8) is 0 Å². The minimum absolute atomic E-state index is 0.121. The number of amides is 1. The average molecular weight is 406 g/mol. The number of thioether (sulfide) groups is 1. The molecule has 1 amide bonds. The fraction of sp³-hybridized carbons (Fsp3) is 0.0588. The van der Waals surface area contributed by atoms with Crippen LogP contribution < -0.4 is 9.64 Å². The predicted molar refractivity (Wildman–Crippen MR) is 103 cm³/mol. The maximum atomic E-state index is 12.7. The lowest BCUT2D eigenvalue weighted by Crippen LogP contribution is -2.27. The molecule has 23 heavy (non-hydrogen) atoms. The molecule has 1 aliphatic rings. The fourth-order valence-corrected chi connectivity index (χ4v) is 3.91. The number of nitrogens with zero attached hydrogens (tertiary/aromatic N) is 1. The van der Waals surface area contributed by atoms with Crippen LogP contribution in [-0.2, 0) is 4.79 Å². The predicted octanol–water partition coefficient (Wildman–Crippen LogP) is 4.86. The van der Waals surface area contributed by atoms with Gasteiger partial charge >= 0.3 is 0 Å². The van der Waals surface area contributed by atoms with Crippen LogP contribution in [-0.4, -0.2) is 17.3 Å². The number of hydrogen-bond acceptors (Lipinski definition) is 4. The van der Waals surface area contributed by atoms with Crippen molar-refractivity contribution in [2.75, 3.05) is 12.0 Å². The number of hydrogen-bond donors (Lipinski definition) is 0. The van der Waals surface area contributed by atoms with Gasteiger partial charge in [-0.15, -0.1) is 0 Å². The van der Waals surface area contributed by atoms with Gasteiger partial charge in [0.05, 0.1) is 17.7 Å². The molecule has 0 bridgehead atoms. The molecule has 0 unspecified atom stereocenters. The zero-order chi connectivity index (χ0) is 16.4. The Morgan fingerprint density at radius 2 is 2.00 bits per heavy atom. The molecular weight excluding hydrogens is 394 g/mol. The van der Waals surface area contributed by atoms with Gasteiger partial charge in [0, 0.05) is 10.0 Å². The molecule has 1 heterocycles. The topological polar surface area (TPSA) is 29.5 Å². The Morgan fingerprint density at radius 3 is 2.74 bits per heavy atom. The van der Waals surface area contributed by atoms with Gasteiger partial charge in [0.1, 0.15) is 5.75 Å². The van der Waals surface area contributed by atoms with Crippen LogP contribution in [0.5, 0.6) is 5.75 Å². The molecule has 3 nitrogen and oxygen atoms in total. The number of carbonyl (C=O) groups is 1. The van der Waals surface area contributed by atoms with Crippen LogP contribution >= 0.6 is 39.9 Å². The van der Waals surface area contributed by atoms with Crippen LogP contribution in [0.15, 0.2) is 57.9 Å². The molecule has 0 atom stereocenters. The molecule has 0 spiro atoms. The molecule has 116 valence electrons. The number of halogens is 1. The summed E-state index contributed by atoms with van der Waals surface area (Å²) in [4.78, 5) is 14.9. The highest BCUT2D eigenvalue weighted by Gasteiger charge is 2.33. The first-order valence-electron chi connectivity index (χ1n) is 6.76. The molecule has 0 radical (unpaired) electrons. The summed E-state index contributed by atoms with van der Waals surface area (Å²) < 4.78 is 6.75. The largest absolute Gasteiger partial charge is 0.496 e. The standard InChI is InChI=1S/C17H12BrNO2S2/c1-21-14-8-3-2-5-11(14)9-15-16(20)19(17(22)23-15)13-7-4-6-12(18)10-13/h2-10H,1H3/b15-9+. The van der Waals surface area contributed by atoms with E-state index in [1.807, 2.05) is 54.6 Å². The van der Waals surface area contributed by atoms with Crippen molar-refractivity contribution in [1.29, 1.82) is 0 Å². The lowest BCUT2D eigenvalue weighted by Gasteiger charge is -2.14. The third-order valence-corrected chi connectivity index (χ3v) is 5.08. The number of anilines is 1. The highest BCUT2D eigenvalue weighted by Crippen LogP contribution is 2.37. The molecule has 3 rings (SSSR count). The molecule has 1 fully saturated rings. The number of methoxy groups -OCH3 is 1. The number of para-hydroxylation sites is 1. The zero-order valence-electron chi connectivity index (χ0n) is 12.2. The molecule has 0 saturated carbocycles. The second-order valence-corrected chi connectivity index (χ2v) is 7.33. The molecule has 6 heteroatoms. The van der Waals surface area contributed by atoms with E-state index in [0.717, 1.165) is 21.5 Å². The molecule has 0 aromatic heterocycles. The van der Waals surface area contributed by atoms with Crippen molar-refractivity contribution in [1.82, 2.24) is 0 Å². The summed E-state index contributed by atoms with van der Waals surface area (Å²) in [6, 6.07) is 15.1. The highest BCUT2D eigenvalue weighted by molar-refractivity contribution is 9.10. The van der Waals surface area contributed by atoms with Gasteiger partial charge in [-0.05, 0) is 30.3 Å². The van der Waals surface area contributed by atoms with Gasteiger partial charge in [-0.1, -0.05) is 64.2 Å². The van der Waals surface area contributed by atoms with E-state index in [0.29, 0.717) is 9.23 Å². The summed E-state index contributed by atoms with van der Waals surface area (Å²) in [5.74, 6) is 0.601. The van der Waals surface area contributed by atoms with Gasteiger partial charge in [0.2, 0.25) is 0 Å². The van der Waals surface area contributed by atoms with E-state index < -0.39 is 0 Å². The van der Waals surface area contributed by atoms with E-state index in [-0.39, 0.29) is 5.91 Å². The van der Waals surface area contributed by atoms with Crippen LogP contribution in [0.1, 0.15) is 5.56 Å². The molecule has 0 N–H and O–H groups in total. The summed E-state index contributed by atoms with van der Waals surface area (Å²) in [6.07, 6.45) is 1.82. The Bertz CT molecular complexity index is 820. The zero-order valence-corrected chi connectivity index (χ0v) is 15.4. The van der Waals surface area contributed by atoms with Crippen LogP contribution in [0, 0.1) is 0 Å². The smallest absolute Gasteiger partial charge is 0.270 e. The third kappa shape index (κ3) is 3.34. The molecule has 1 saturated heterocycles. The van der Waals surface area contributed by atoms with Crippen LogP contribution in [0.3, 0.4) is 0 Å². The minimum Gasteiger partial charge on any atom is -0.496 e. The monoisotopic (exact) mass is 405 g/mol. The molecule has 1 aliphatic heterocycles. The Balaban J connectivity index is 1.97. The van der Waals surface area contributed by atoms with Gasteiger partial charge < -0.3 is 4.74 Å². The summed E-state index contributed by atoms with van der Waals surface area (Å²) in [5.41, 5.74) is 1.61. The van der Waals surface area contributed by atoms with Gasteiger partial charge in [-0.3, -0.25) is 9.69 Å². The van der Waals surface area contributed by atoms with Crippen molar-refractivity contribution >= 4 is 61.9 Å². The normalized spacial score (nSPS) is 16.3. The second kappa shape index (κ2) is 6.86. The van der Waals surface area contributed by atoms with Gasteiger partial charge in [-0.25, -0.2) is 0 Å². The van der Waals surface area contributed by atoms with E-state index in [2.05, 4.69) is 15.9 Å². The van der Waals surface area contributed by atoms with Crippen molar-refractivity contribution in [3.8, 4) is 5.75 Å². The lowest BCUT2D eigenvalue weighted by molar-refractivity contribution is -0.113. The first kappa shape index (κ1) is 16.2. The Morgan fingerprint density at radius 1 is 1.22 bits per heavy atom. The number of benzene rings is 2. The Kier molecular flexibility index (Phi) is 4.84. The minimum atomic E-state index is -0.121. The van der Waals surface area contributed by atoms with Crippen molar-refractivity contribution in [2.24, 2.45) is 0 Å². The lowest BCUT2D eigenvalue weighted by atomic mass is 10.2. The first-order valence-corrected chi connectivity index (χ1v) is 8.78. The summed E-state index contributed by atoms with van der Waals surface area (Å²) in [6.45, 7) is 0. The highest BCUT2D eigenvalue weighted by atomic mass is 79.9. The summed E-state index contributed by atoms with van der Waals surface area (Å²) in [7, 11) is 1.61. The SMILES string of the molecule is COc1ccccc1/C=C1/SC(=S)N(c2cccc(Br)c2)C1=O. The maximum Gasteiger partial charge on any atom is 0.270 e. The number of rotatable bonds is 3. The van der Waals surface area contributed by atoms with E-state index >= 15 is 0 Å².